The molecule has 1 aliphatic carbocycles. The Hall–Kier alpha value is -0.630. The minimum atomic E-state index is -1.18. The van der Waals surface area contributed by atoms with E-state index in [1.165, 1.54) is 0 Å². The van der Waals surface area contributed by atoms with Crippen LogP contribution in [0.3, 0.4) is 0 Å². The van der Waals surface area contributed by atoms with Crippen molar-refractivity contribution in [3.8, 4) is 0 Å². The molecule has 56 valence electrons. The number of rotatable bonds is 1. The molecule has 1 aliphatic rings. The lowest BCUT2D eigenvalue weighted by molar-refractivity contribution is -0.130. The zero-order valence-corrected chi connectivity index (χ0v) is 6.18. The van der Waals surface area contributed by atoms with Crippen molar-refractivity contribution in [2.45, 2.75) is 31.8 Å². The predicted octanol–water partition coefficient (Wildman–Crippen LogP) is 1.05. The molecule has 0 amide bonds. The fourth-order valence-electron chi connectivity index (χ4n) is 1.30. The van der Waals surface area contributed by atoms with E-state index in [2.05, 4.69) is 6.58 Å². The third-order valence-corrected chi connectivity index (χ3v) is 2.11. The van der Waals surface area contributed by atoms with Gasteiger partial charge in [0.2, 0.25) is 0 Å². The van der Waals surface area contributed by atoms with Crippen LogP contribution in [0.4, 0.5) is 0 Å². The highest BCUT2D eigenvalue weighted by Crippen LogP contribution is 2.31. The minimum absolute atomic E-state index is 0.0694. The molecule has 0 radical (unpaired) electrons. The number of Topliss-reactive ketones (excluding diaryl/α,β-unsaturated/α-hetero) is 1. The zero-order chi connectivity index (χ0) is 7.78. The molecular weight excluding hydrogens is 128 g/mol. The van der Waals surface area contributed by atoms with Gasteiger partial charge >= 0.3 is 0 Å². The Morgan fingerprint density at radius 3 is 2.60 bits per heavy atom. The Labute approximate surface area is 60.6 Å². The van der Waals surface area contributed by atoms with Crippen LogP contribution in [0.5, 0.6) is 0 Å². The van der Waals surface area contributed by atoms with Crippen molar-refractivity contribution in [2.24, 2.45) is 0 Å². The van der Waals surface area contributed by atoms with Crippen LogP contribution in [0.1, 0.15) is 26.2 Å². The van der Waals surface area contributed by atoms with Gasteiger partial charge < -0.3 is 5.11 Å². The molecule has 1 N–H and O–H groups in total. The maximum absolute atomic E-state index is 11.0. The van der Waals surface area contributed by atoms with Gasteiger partial charge in [-0.1, -0.05) is 6.58 Å². The van der Waals surface area contributed by atoms with Gasteiger partial charge in [-0.05, 0) is 25.3 Å². The summed E-state index contributed by atoms with van der Waals surface area (Å²) in [5.41, 5.74) is -0.602. The van der Waals surface area contributed by atoms with Gasteiger partial charge in [0.25, 0.3) is 0 Å². The molecule has 0 heterocycles. The van der Waals surface area contributed by atoms with Gasteiger partial charge in [0, 0.05) is 6.42 Å². The third kappa shape index (κ3) is 0.886. The second-order valence-corrected chi connectivity index (χ2v) is 2.92. The number of ketones is 1. The summed E-state index contributed by atoms with van der Waals surface area (Å²) in [6.45, 7) is 5.29. The average Bonchev–Trinajstić information content (AvgIpc) is 2.15. The fourth-order valence-corrected chi connectivity index (χ4v) is 1.30. The topological polar surface area (TPSA) is 37.3 Å². The van der Waals surface area contributed by atoms with Crippen molar-refractivity contribution in [1.29, 1.82) is 0 Å². The first-order valence-electron chi connectivity index (χ1n) is 3.49. The summed E-state index contributed by atoms with van der Waals surface area (Å²) in [7, 11) is 0. The molecule has 2 heteroatoms. The maximum Gasteiger partial charge on any atom is 0.168 e. The number of aliphatic hydroxyl groups is 1. The molecule has 1 fully saturated rings. The summed E-state index contributed by atoms with van der Waals surface area (Å²) >= 11 is 0. The molecule has 0 aromatic rings. The van der Waals surface area contributed by atoms with Gasteiger partial charge in [-0.2, -0.15) is 0 Å². The molecule has 1 rings (SSSR count). The lowest BCUT2D eigenvalue weighted by Crippen LogP contribution is -2.34. The Morgan fingerprint density at radius 2 is 2.40 bits per heavy atom. The van der Waals surface area contributed by atoms with Crippen molar-refractivity contribution in [3.63, 3.8) is 0 Å². The van der Waals surface area contributed by atoms with E-state index in [1.807, 2.05) is 0 Å². The largest absolute Gasteiger partial charge is 0.378 e. The first kappa shape index (κ1) is 7.48. The van der Waals surface area contributed by atoms with E-state index in [0.29, 0.717) is 18.4 Å². The molecule has 0 bridgehead atoms. The average molecular weight is 140 g/mol. The van der Waals surface area contributed by atoms with Gasteiger partial charge in [0.1, 0.15) is 5.60 Å². The van der Waals surface area contributed by atoms with Crippen LogP contribution in [-0.2, 0) is 4.79 Å². The van der Waals surface area contributed by atoms with Gasteiger partial charge in [-0.25, -0.2) is 0 Å². The quantitative estimate of drug-likeness (QED) is 0.553. The molecule has 1 saturated carbocycles. The Balaban J connectivity index is 2.86. The van der Waals surface area contributed by atoms with Crippen molar-refractivity contribution < 1.29 is 9.90 Å². The van der Waals surface area contributed by atoms with E-state index < -0.39 is 5.60 Å². The molecular formula is C8H12O2. The van der Waals surface area contributed by atoms with E-state index in [-0.39, 0.29) is 5.78 Å². The summed E-state index contributed by atoms with van der Waals surface area (Å²) < 4.78 is 0. The molecule has 0 saturated heterocycles. The van der Waals surface area contributed by atoms with Gasteiger partial charge in [0.05, 0.1) is 0 Å². The van der Waals surface area contributed by atoms with Crippen LogP contribution in [0.25, 0.3) is 0 Å². The molecule has 0 aromatic heterocycles. The molecule has 1 atom stereocenters. The summed E-state index contributed by atoms with van der Waals surface area (Å²) in [4.78, 5) is 11.0. The van der Waals surface area contributed by atoms with Crippen LogP contribution >= 0.6 is 0 Å². The smallest absolute Gasteiger partial charge is 0.168 e. The van der Waals surface area contributed by atoms with Crippen molar-refractivity contribution in [3.05, 3.63) is 12.2 Å². The van der Waals surface area contributed by atoms with E-state index >= 15 is 0 Å². The lowest BCUT2D eigenvalue weighted by Gasteiger charge is -2.19. The van der Waals surface area contributed by atoms with Crippen LogP contribution in [0.15, 0.2) is 12.2 Å². The molecule has 10 heavy (non-hydrogen) atoms. The van der Waals surface area contributed by atoms with Crippen LogP contribution < -0.4 is 0 Å². The highest BCUT2D eigenvalue weighted by Gasteiger charge is 2.40. The van der Waals surface area contributed by atoms with Crippen LogP contribution in [-0.4, -0.2) is 16.5 Å². The van der Waals surface area contributed by atoms with E-state index in [9.17, 15) is 9.90 Å². The Bertz CT molecular complexity index is 184. The molecule has 0 aliphatic heterocycles. The highest BCUT2D eigenvalue weighted by molar-refractivity contribution is 5.92. The second-order valence-electron chi connectivity index (χ2n) is 2.92. The second kappa shape index (κ2) is 2.20. The van der Waals surface area contributed by atoms with Crippen molar-refractivity contribution in [2.75, 3.05) is 0 Å². The predicted molar refractivity (Wildman–Crippen MR) is 38.6 cm³/mol. The monoisotopic (exact) mass is 140 g/mol. The summed E-state index contributed by atoms with van der Waals surface area (Å²) in [5.74, 6) is -0.0694. The van der Waals surface area contributed by atoms with Crippen LogP contribution in [0.2, 0.25) is 0 Å². The third-order valence-electron chi connectivity index (χ3n) is 2.11. The summed E-state index contributed by atoms with van der Waals surface area (Å²) in [5, 5.41) is 9.59. The number of carbonyl (C=O) groups excluding carboxylic acids is 1. The van der Waals surface area contributed by atoms with Crippen molar-refractivity contribution in [1.82, 2.24) is 0 Å². The standard InChI is InChI=1S/C8H12O2/c1-6(2)8(10)5-3-4-7(8)9/h10H,1,3-5H2,2H3. The summed E-state index contributed by atoms with van der Waals surface area (Å²) in [6, 6.07) is 0. The van der Waals surface area contributed by atoms with E-state index in [1.54, 1.807) is 6.92 Å². The zero-order valence-electron chi connectivity index (χ0n) is 6.18. The van der Waals surface area contributed by atoms with E-state index in [4.69, 9.17) is 0 Å². The highest BCUT2D eigenvalue weighted by atomic mass is 16.3. The number of carbonyl (C=O) groups is 1. The first-order valence-corrected chi connectivity index (χ1v) is 3.49. The molecule has 1 unspecified atom stereocenters. The SMILES string of the molecule is C=C(C)C1(O)CCCC1=O. The Morgan fingerprint density at radius 1 is 1.80 bits per heavy atom. The fraction of sp³-hybridized carbons (Fsp3) is 0.625. The first-order chi connectivity index (χ1) is 4.57. The minimum Gasteiger partial charge on any atom is -0.378 e. The molecule has 0 aromatic carbocycles. The molecule has 0 spiro atoms. The van der Waals surface area contributed by atoms with Gasteiger partial charge in [0.15, 0.2) is 5.78 Å². The van der Waals surface area contributed by atoms with Crippen molar-refractivity contribution >= 4 is 5.78 Å². The lowest BCUT2D eigenvalue weighted by atomic mass is 9.94. The van der Waals surface area contributed by atoms with E-state index in [0.717, 1.165) is 6.42 Å². The number of hydrogen-bond donors (Lipinski definition) is 1. The maximum atomic E-state index is 11.0. The normalized spacial score (nSPS) is 32.8. The summed E-state index contributed by atoms with van der Waals surface area (Å²) in [6.07, 6.45) is 1.85. The van der Waals surface area contributed by atoms with Crippen LogP contribution in [0, 0.1) is 0 Å². The Kier molecular flexibility index (Phi) is 1.65. The van der Waals surface area contributed by atoms with Gasteiger partial charge in [-0.3, -0.25) is 4.79 Å². The van der Waals surface area contributed by atoms with Gasteiger partial charge in [-0.15, -0.1) is 0 Å². The molecule has 2 nitrogen and oxygen atoms in total. The number of hydrogen-bond acceptors (Lipinski definition) is 2.